The van der Waals surface area contributed by atoms with Crippen molar-refractivity contribution in [2.75, 3.05) is 7.05 Å². The van der Waals surface area contributed by atoms with Crippen LogP contribution >= 0.6 is 0 Å². The van der Waals surface area contributed by atoms with E-state index in [0.29, 0.717) is 17.8 Å². The minimum absolute atomic E-state index is 0.246. The van der Waals surface area contributed by atoms with Crippen LogP contribution in [0.5, 0.6) is 0 Å². The Bertz CT molecular complexity index is 2770. The fourth-order valence-corrected chi connectivity index (χ4v) is 10.7. The van der Waals surface area contributed by atoms with Crippen molar-refractivity contribution >= 4 is 33.2 Å². The molecule has 4 atom stereocenters. The van der Waals surface area contributed by atoms with Crippen LogP contribution < -0.4 is 0 Å². The summed E-state index contributed by atoms with van der Waals surface area (Å²) < 4.78 is 0. The Kier molecular flexibility index (Phi) is 11.4. The van der Waals surface area contributed by atoms with E-state index in [9.17, 15) is 0 Å². The van der Waals surface area contributed by atoms with Gasteiger partial charge in [-0.1, -0.05) is 207 Å². The molecule has 0 saturated carbocycles. The van der Waals surface area contributed by atoms with Crippen LogP contribution in [0.3, 0.4) is 0 Å². The van der Waals surface area contributed by atoms with Gasteiger partial charge in [0.25, 0.3) is 0 Å². The smallest absolute Gasteiger partial charge is 0.0542 e. The number of allylic oxidation sites excluding steroid dienone is 13. The van der Waals surface area contributed by atoms with E-state index >= 15 is 0 Å². The van der Waals surface area contributed by atoms with E-state index in [1.807, 2.05) is 0 Å². The number of benzene rings is 6. The van der Waals surface area contributed by atoms with Gasteiger partial charge < -0.3 is 4.90 Å². The molecule has 3 unspecified atom stereocenters. The van der Waals surface area contributed by atoms with E-state index < -0.39 is 0 Å². The van der Waals surface area contributed by atoms with Crippen LogP contribution in [0.15, 0.2) is 206 Å². The number of fused-ring (bicyclic) bond motifs is 3. The number of hydrogen-bond donors (Lipinski definition) is 0. The zero-order valence-corrected chi connectivity index (χ0v) is 36.3. The van der Waals surface area contributed by atoms with Crippen LogP contribution in [0.4, 0.5) is 0 Å². The molecule has 0 saturated heterocycles. The molecule has 6 aromatic rings. The van der Waals surface area contributed by atoms with Crippen molar-refractivity contribution in [3.63, 3.8) is 0 Å². The summed E-state index contributed by atoms with van der Waals surface area (Å²) in [5, 5.41) is 2.68. The average molecular weight is 804 g/mol. The van der Waals surface area contributed by atoms with E-state index in [1.54, 1.807) is 5.57 Å². The molecule has 0 amide bonds. The molecule has 0 fully saturated rings. The molecule has 0 bridgehead atoms. The molecule has 0 radical (unpaired) electrons. The first-order valence-electron chi connectivity index (χ1n) is 23.0. The van der Waals surface area contributed by atoms with Crippen LogP contribution in [0.2, 0.25) is 0 Å². The lowest BCUT2D eigenvalue weighted by Crippen LogP contribution is -2.24. The van der Waals surface area contributed by atoms with Gasteiger partial charge >= 0.3 is 0 Å². The molecular formula is C61H57N. The van der Waals surface area contributed by atoms with Crippen LogP contribution in [0, 0.1) is 17.8 Å². The monoisotopic (exact) mass is 803 g/mol. The highest BCUT2D eigenvalue weighted by atomic mass is 15.1. The summed E-state index contributed by atoms with van der Waals surface area (Å²) >= 11 is 0. The summed E-state index contributed by atoms with van der Waals surface area (Å²) in [5.74, 6) is 1.39. The Morgan fingerprint density at radius 2 is 1.32 bits per heavy atom. The van der Waals surface area contributed by atoms with Gasteiger partial charge in [-0.25, -0.2) is 0 Å². The minimum atomic E-state index is 0.246. The predicted molar refractivity (Wildman–Crippen MR) is 265 cm³/mol. The lowest BCUT2D eigenvalue weighted by Gasteiger charge is -2.33. The molecule has 10 rings (SSSR count). The number of nitrogens with zero attached hydrogens (tertiary/aromatic N) is 1. The number of hydrogen-bond acceptors (Lipinski definition) is 1. The van der Waals surface area contributed by atoms with E-state index in [2.05, 4.69) is 219 Å². The molecule has 0 spiro atoms. The molecule has 0 aromatic heterocycles. The number of rotatable bonds is 8. The third-order valence-electron chi connectivity index (χ3n) is 14.1. The Labute approximate surface area is 369 Å². The van der Waals surface area contributed by atoms with Crippen molar-refractivity contribution in [3.05, 3.63) is 239 Å². The van der Waals surface area contributed by atoms with Gasteiger partial charge in [0.1, 0.15) is 0 Å². The molecular weight excluding hydrogens is 747 g/mol. The molecule has 4 aliphatic rings. The van der Waals surface area contributed by atoms with Crippen LogP contribution in [0.25, 0.3) is 44.3 Å². The zero-order valence-electron chi connectivity index (χ0n) is 36.3. The maximum atomic E-state index is 2.56. The Balaban J connectivity index is 0.875. The van der Waals surface area contributed by atoms with Crippen molar-refractivity contribution in [2.45, 2.75) is 57.9 Å². The largest absolute Gasteiger partial charge is 0.367 e. The molecule has 1 aliphatic heterocycles. The van der Waals surface area contributed by atoms with E-state index in [4.69, 9.17) is 0 Å². The normalized spacial score (nSPS) is 22.9. The zero-order chi connectivity index (χ0) is 41.8. The summed E-state index contributed by atoms with van der Waals surface area (Å²) in [6, 6.07) is 54.5. The minimum Gasteiger partial charge on any atom is -0.367 e. The van der Waals surface area contributed by atoms with Gasteiger partial charge in [0.15, 0.2) is 0 Å². The van der Waals surface area contributed by atoms with Crippen LogP contribution in [-0.2, 0) is 6.42 Å². The second-order valence-electron chi connectivity index (χ2n) is 17.8. The molecule has 62 heavy (non-hydrogen) atoms. The SMILES string of the molecule is CC[C@H]1/C=C(/c2ccccc2)N(C)C(c2ccc(C3=CCC(CC4Cc5cc6ccccc6cc5C5=C4CC=CC=C5)C=C3)cc2)CC/C=C/1c1ccc(-c2ccccc2)cc1. The second kappa shape index (κ2) is 17.9. The maximum Gasteiger partial charge on any atom is 0.0542 e. The van der Waals surface area contributed by atoms with Gasteiger partial charge in [-0.2, -0.15) is 0 Å². The first-order chi connectivity index (χ1) is 30.6. The summed E-state index contributed by atoms with van der Waals surface area (Å²) in [6.45, 7) is 2.33. The van der Waals surface area contributed by atoms with Crippen LogP contribution in [-0.4, -0.2) is 11.9 Å². The van der Waals surface area contributed by atoms with E-state index in [-0.39, 0.29) is 6.04 Å². The van der Waals surface area contributed by atoms with Gasteiger partial charge in [0.2, 0.25) is 0 Å². The fraction of sp³-hybridized carbons (Fsp3) is 0.213. The first kappa shape index (κ1) is 39.7. The standard InChI is InChI=1S/C61H57N/c1-3-44-42-61(50-18-9-5-10-19-50)62(2)60(25-15-24-56(44)49-34-30-47(31-35-49)45-16-7-4-8-17-45)51-36-32-48(33-37-51)46-28-26-43(27-29-46)38-54-40-55-39-52-20-13-14-21-53(52)41-59(55)58-23-12-6-11-22-57(54)58/h4-14,16-21,23-24,26,28-37,39,41-44,54,60H,3,15,22,25,27,38,40H2,1-2H3/b56-24-,61-42-/t43?,44-,54?,60?/m0/s1. The Morgan fingerprint density at radius 1 is 0.645 bits per heavy atom. The van der Waals surface area contributed by atoms with Gasteiger partial charge in [-0.15, -0.1) is 0 Å². The summed E-state index contributed by atoms with van der Waals surface area (Å²) in [5.41, 5.74) is 17.9. The van der Waals surface area contributed by atoms with E-state index in [1.165, 1.54) is 84.1 Å². The average Bonchev–Trinajstić information content (AvgIpc) is 3.56. The molecule has 1 heteroatoms. The lowest BCUT2D eigenvalue weighted by molar-refractivity contribution is 0.337. The maximum absolute atomic E-state index is 2.56. The molecule has 1 heterocycles. The Morgan fingerprint density at radius 3 is 2.05 bits per heavy atom. The van der Waals surface area contributed by atoms with Crippen molar-refractivity contribution in [1.29, 1.82) is 0 Å². The van der Waals surface area contributed by atoms with E-state index in [0.717, 1.165) is 38.5 Å². The fourth-order valence-electron chi connectivity index (χ4n) is 10.7. The highest BCUT2D eigenvalue weighted by Crippen LogP contribution is 2.44. The van der Waals surface area contributed by atoms with Crippen molar-refractivity contribution in [3.8, 4) is 11.1 Å². The topological polar surface area (TPSA) is 3.24 Å². The Hall–Kier alpha value is -6.44. The molecule has 6 aromatic carbocycles. The summed E-state index contributed by atoms with van der Waals surface area (Å²) in [4.78, 5) is 2.56. The molecule has 306 valence electrons. The van der Waals surface area contributed by atoms with Crippen molar-refractivity contribution in [1.82, 2.24) is 4.90 Å². The highest BCUT2D eigenvalue weighted by molar-refractivity contribution is 5.91. The summed E-state index contributed by atoms with van der Waals surface area (Å²) in [7, 11) is 2.31. The van der Waals surface area contributed by atoms with Gasteiger partial charge in [0.05, 0.1) is 6.04 Å². The van der Waals surface area contributed by atoms with Crippen molar-refractivity contribution < 1.29 is 0 Å². The highest BCUT2D eigenvalue weighted by Gasteiger charge is 2.29. The second-order valence-corrected chi connectivity index (χ2v) is 17.8. The predicted octanol–water partition coefficient (Wildman–Crippen LogP) is 15.9. The lowest BCUT2D eigenvalue weighted by atomic mass is 9.72. The summed E-state index contributed by atoms with van der Waals surface area (Å²) in [6.07, 6.45) is 29.2. The molecule has 3 aliphatic carbocycles. The van der Waals surface area contributed by atoms with Gasteiger partial charge in [-0.05, 0) is 135 Å². The third kappa shape index (κ3) is 8.17. The molecule has 1 nitrogen and oxygen atoms in total. The van der Waals surface area contributed by atoms with Gasteiger partial charge in [-0.3, -0.25) is 0 Å². The quantitative estimate of drug-likeness (QED) is 0.148. The third-order valence-corrected chi connectivity index (χ3v) is 14.1. The van der Waals surface area contributed by atoms with Gasteiger partial charge in [0, 0.05) is 18.7 Å². The van der Waals surface area contributed by atoms with Crippen molar-refractivity contribution in [2.24, 2.45) is 17.8 Å². The first-order valence-corrected chi connectivity index (χ1v) is 23.0. The molecule has 0 N–H and O–H groups in total. The van der Waals surface area contributed by atoms with Crippen LogP contribution in [0.1, 0.15) is 84.9 Å².